The van der Waals surface area contributed by atoms with Gasteiger partial charge in [0, 0.05) is 5.02 Å². The molecule has 0 aliphatic rings. The monoisotopic (exact) mass is 242 g/mol. The van der Waals surface area contributed by atoms with Gasteiger partial charge in [-0.15, -0.1) is 0 Å². The summed E-state index contributed by atoms with van der Waals surface area (Å²) in [7, 11) is 0. The zero-order valence-corrected chi connectivity index (χ0v) is 9.81. The summed E-state index contributed by atoms with van der Waals surface area (Å²) in [6.45, 7) is 0. The second-order valence-electron chi connectivity index (χ2n) is 2.85. The Morgan fingerprint density at radius 1 is 1.47 bits per heavy atom. The molecule has 0 aliphatic carbocycles. The third-order valence-corrected chi connectivity index (χ3v) is 2.47. The zero-order chi connectivity index (χ0) is 11.3. The van der Waals surface area contributed by atoms with Gasteiger partial charge >= 0.3 is 0 Å². The number of thioether (sulfide) groups is 1. The molecule has 2 N–H and O–H groups in total. The zero-order valence-electron chi connectivity index (χ0n) is 8.24. The van der Waals surface area contributed by atoms with E-state index in [9.17, 15) is 4.79 Å². The first-order chi connectivity index (χ1) is 7.11. The fourth-order valence-corrected chi connectivity index (χ4v) is 1.30. The molecule has 3 nitrogen and oxygen atoms in total. The van der Waals surface area contributed by atoms with E-state index in [0.29, 0.717) is 5.02 Å². The minimum atomic E-state index is -0.246. The number of halogens is 1. The van der Waals surface area contributed by atoms with E-state index in [-0.39, 0.29) is 17.5 Å². The molecule has 0 aliphatic heterocycles. The van der Waals surface area contributed by atoms with Gasteiger partial charge in [0.25, 0.3) is 5.91 Å². The highest BCUT2D eigenvalue weighted by Gasteiger charge is 2.02. The van der Waals surface area contributed by atoms with Gasteiger partial charge in [0.1, 0.15) is 0 Å². The van der Waals surface area contributed by atoms with Crippen molar-refractivity contribution in [2.45, 2.75) is 6.42 Å². The van der Waals surface area contributed by atoms with Gasteiger partial charge in [0.2, 0.25) is 0 Å². The summed E-state index contributed by atoms with van der Waals surface area (Å²) in [6, 6.07) is 7.08. The van der Waals surface area contributed by atoms with E-state index in [2.05, 4.69) is 4.99 Å². The fraction of sp³-hybridized carbons (Fsp3) is 0.200. The first-order valence-corrected chi connectivity index (χ1v) is 5.87. The van der Waals surface area contributed by atoms with Crippen LogP contribution in [0.5, 0.6) is 0 Å². The van der Waals surface area contributed by atoms with Crippen LogP contribution in [0.15, 0.2) is 29.3 Å². The largest absolute Gasteiger partial charge is 0.378 e. The molecule has 1 amide bonds. The van der Waals surface area contributed by atoms with E-state index in [1.165, 1.54) is 11.8 Å². The number of carbonyl (C=O) groups excluding carboxylic acids is 1. The summed E-state index contributed by atoms with van der Waals surface area (Å²) in [5, 5.41) is 0.937. The average Bonchev–Trinajstić information content (AvgIpc) is 2.21. The van der Waals surface area contributed by atoms with Gasteiger partial charge in [0.05, 0.1) is 6.42 Å². The Hall–Kier alpha value is -1.00. The summed E-state index contributed by atoms with van der Waals surface area (Å²) in [5.74, 6) is -0.246. The van der Waals surface area contributed by atoms with Crippen molar-refractivity contribution in [2.75, 3.05) is 6.26 Å². The topological polar surface area (TPSA) is 55.4 Å². The third kappa shape index (κ3) is 4.36. The van der Waals surface area contributed by atoms with Crippen molar-refractivity contribution >= 4 is 34.4 Å². The Balaban J connectivity index is 2.63. The van der Waals surface area contributed by atoms with E-state index >= 15 is 0 Å². The number of amidine groups is 1. The molecule has 5 heteroatoms. The van der Waals surface area contributed by atoms with Gasteiger partial charge in [-0.2, -0.15) is 4.99 Å². The Morgan fingerprint density at radius 3 is 2.60 bits per heavy atom. The number of nitrogens with two attached hydrogens (primary N) is 1. The lowest BCUT2D eigenvalue weighted by molar-refractivity contribution is -0.117. The van der Waals surface area contributed by atoms with Gasteiger partial charge in [-0.25, -0.2) is 0 Å². The van der Waals surface area contributed by atoms with Gasteiger partial charge in [-0.3, -0.25) is 4.79 Å². The van der Waals surface area contributed by atoms with Crippen LogP contribution in [0.2, 0.25) is 5.02 Å². The van der Waals surface area contributed by atoms with Crippen LogP contribution in [0, 0.1) is 0 Å². The molecule has 0 radical (unpaired) electrons. The Morgan fingerprint density at radius 2 is 2.07 bits per heavy atom. The second-order valence-corrected chi connectivity index (χ2v) is 4.11. The molecule has 0 heterocycles. The number of hydrogen-bond acceptors (Lipinski definition) is 2. The summed E-state index contributed by atoms with van der Waals surface area (Å²) in [6.07, 6.45) is 2.02. The normalized spacial score (nSPS) is 11.5. The molecule has 0 spiro atoms. The first kappa shape index (κ1) is 12.1. The van der Waals surface area contributed by atoms with Gasteiger partial charge < -0.3 is 5.73 Å². The second kappa shape index (κ2) is 5.78. The minimum Gasteiger partial charge on any atom is -0.378 e. The number of rotatable bonds is 2. The summed E-state index contributed by atoms with van der Waals surface area (Å²) in [4.78, 5) is 15.1. The van der Waals surface area contributed by atoms with Crippen LogP contribution in [0.25, 0.3) is 0 Å². The van der Waals surface area contributed by atoms with E-state index in [1.807, 2.05) is 0 Å². The number of carbonyl (C=O) groups is 1. The van der Waals surface area contributed by atoms with Crippen LogP contribution in [0.3, 0.4) is 0 Å². The fourth-order valence-electron chi connectivity index (χ4n) is 0.985. The molecule has 0 bridgehead atoms. The lowest BCUT2D eigenvalue weighted by Gasteiger charge is -1.98. The molecular weight excluding hydrogens is 232 g/mol. The van der Waals surface area contributed by atoms with Crippen molar-refractivity contribution in [1.29, 1.82) is 0 Å². The van der Waals surface area contributed by atoms with E-state index in [0.717, 1.165) is 5.56 Å². The number of hydrogen-bond donors (Lipinski definition) is 1. The van der Waals surface area contributed by atoms with Crippen molar-refractivity contribution in [1.82, 2.24) is 0 Å². The van der Waals surface area contributed by atoms with Crippen LogP contribution >= 0.6 is 23.4 Å². The number of amides is 1. The number of aliphatic imine (C=N–C) groups is 1. The molecule has 0 fully saturated rings. The minimum absolute atomic E-state index is 0.246. The highest BCUT2D eigenvalue weighted by Crippen LogP contribution is 2.10. The van der Waals surface area contributed by atoms with Crippen molar-refractivity contribution in [2.24, 2.45) is 10.7 Å². The molecule has 15 heavy (non-hydrogen) atoms. The molecule has 0 aromatic heterocycles. The smallest absolute Gasteiger partial charge is 0.252 e. The van der Waals surface area contributed by atoms with E-state index in [1.54, 1.807) is 30.5 Å². The highest BCUT2D eigenvalue weighted by atomic mass is 35.5. The maximum absolute atomic E-state index is 11.4. The number of nitrogens with zero attached hydrogens (tertiary/aromatic N) is 1. The summed E-state index contributed by atoms with van der Waals surface area (Å²) in [5.41, 5.74) is 6.30. The molecule has 1 aromatic rings. The molecule has 1 aromatic carbocycles. The maximum atomic E-state index is 11.4. The van der Waals surface area contributed by atoms with Gasteiger partial charge in [-0.05, 0) is 24.0 Å². The van der Waals surface area contributed by atoms with Crippen molar-refractivity contribution in [3.63, 3.8) is 0 Å². The summed E-state index contributed by atoms with van der Waals surface area (Å²) >= 11 is 6.97. The number of benzene rings is 1. The van der Waals surface area contributed by atoms with Crippen LogP contribution < -0.4 is 5.73 Å². The highest BCUT2D eigenvalue weighted by molar-refractivity contribution is 8.13. The van der Waals surface area contributed by atoms with Crippen LogP contribution in [-0.4, -0.2) is 17.3 Å². The van der Waals surface area contributed by atoms with E-state index in [4.69, 9.17) is 17.3 Å². The van der Waals surface area contributed by atoms with E-state index < -0.39 is 0 Å². The quantitative estimate of drug-likeness (QED) is 0.638. The third-order valence-electron chi connectivity index (χ3n) is 1.71. The molecular formula is C10H11ClN2OS. The molecule has 0 unspecified atom stereocenters. The predicted octanol–water partition coefficient (Wildman–Crippen LogP) is 2.09. The lowest BCUT2D eigenvalue weighted by Crippen LogP contribution is -2.10. The molecule has 80 valence electrons. The summed E-state index contributed by atoms with van der Waals surface area (Å²) < 4.78 is 0. The van der Waals surface area contributed by atoms with Crippen LogP contribution in [-0.2, 0) is 11.2 Å². The predicted molar refractivity (Wildman–Crippen MR) is 65.3 cm³/mol. The Bertz CT molecular complexity index is 376. The van der Waals surface area contributed by atoms with Gasteiger partial charge in [-0.1, -0.05) is 35.5 Å². The Labute approximate surface area is 97.7 Å². The maximum Gasteiger partial charge on any atom is 0.252 e. The first-order valence-electron chi connectivity index (χ1n) is 4.27. The van der Waals surface area contributed by atoms with Crippen molar-refractivity contribution < 1.29 is 4.79 Å². The SMILES string of the molecule is CSC(N)=NC(=O)Cc1ccc(Cl)cc1. The lowest BCUT2D eigenvalue weighted by atomic mass is 10.1. The molecule has 0 atom stereocenters. The molecule has 0 saturated heterocycles. The molecule has 0 saturated carbocycles. The standard InChI is InChI=1S/C10H11ClN2OS/c1-15-10(12)13-9(14)6-7-2-4-8(11)5-3-7/h2-5H,6H2,1H3,(H2,12,13,14). The van der Waals surface area contributed by atoms with Crippen molar-refractivity contribution in [3.05, 3.63) is 34.9 Å². The van der Waals surface area contributed by atoms with Crippen LogP contribution in [0.4, 0.5) is 0 Å². The molecule has 1 rings (SSSR count). The van der Waals surface area contributed by atoms with Crippen LogP contribution in [0.1, 0.15) is 5.56 Å². The van der Waals surface area contributed by atoms with Gasteiger partial charge in [0.15, 0.2) is 5.17 Å². The average molecular weight is 243 g/mol. The Kier molecular flexibility index (Phi) is 4.65. The van der Waals surface area contributed by atoms with Crippen molar-refractivity contribution in [3.8, 4) is 0 Å².